The van der Waals surface area contributed by atoms with Crippen molar-refractivity contribution in [1.82, 2.24) is 9.55 Å². The Morgan fingerprint density at radius 3 is 2.64 bits per heavy atom. The third-order valence-corrected chi connectivity index (χ3v) is 6.03. The molecule has 0 atom stereocenters. The van der Waals surface area contributed by atoms with Gasteiger partial charge in [0.15, 0.2) is 0 Å². The van der Waals surface area contributed by atoms with Gasteiger partial charge in [-0.25, -0.2) is 4.98 Å². The number of hydrogen-bond donors (Lipinski definition) is 1. The average molecular weight is 378 g/mol. The number of anilines is 1. The Labute approximate surface area is 167 Å². The molecule has 1 heterocycles. The Kier molecular flexibility index (Phi) is 5.84. The first kappa shape index (κ1) is 18.9. The highest BCUT2D eigenvalue weighted by molar-refractivity contribution is 5.79. The van der Waals surface area contributed by atoms with Crippen LogP contribution in [0.15, 0.2) is 42.5 Å². The van der Waals surface area contributed by atoms with Crippen molar-refractivity contribution in [3.8, 4) is 5.75 Å². The Morgan fingerprint density at radius 1 is 1.07 bits per heavy atom. The number of ether oxygens (including phenoxy) is 1. The number of nitrogen functional groups attached to an aromatic ring is 1. The molecule has 1 aliphatic rings. The van der Waals surface area contributed by atoms with Crippen molar-refractivity contribution < 1.29 is 4.74 Å². The minimum atomic E-state index is 0.474. The molecule has 1 aliphatic carbocycles. The molecule has 0 amide bonds. The molecule has 4 nitrogen and oxygen atoms in total. The summed E-state index contributed by atoms with van der Waals surface area (Å²) in [4.78, 5) is 4.92. The van der Waals surface area contributed by atoms with Crippen LogP contribution in [-0.2, 0) is 13.2 Å². The number of nitrogens with two attached hydrogens (primary N) is 1. The number of nitrogens with zero attached hydrogens (tertiary/aromatic N) is 2. The zero-order valence-corrected chi connectivity index (χ0v) is 16.9. The second-order valence-electron chi connectivity index (χ2n) is 8.13. The summed E-state index contributed by atoms with van der Waals surface area (Å²) in [7, 11) is 0. The van der Waals surface area contributed by atoms with E-state index >= 15 is 0 Å². The third-order valence-electron chi connectivity index (χ3n) is 6.03. The number of fused-ring (bicyclic) bond motifs is 1. The molecule has 1 saturated carbocycles. The summed E-state index contributed by atoms with van der Waals surface area (Å²) in [5.41, 5.74) is 10.1. The highest BCUT2D eigenvalue weighted by Gasteiger charge is 2.16. The molecular formula is C24H31N3O. The summed E-state index contributed by atoms with van der Waals surface area (Å²) >= 11 is 0. The van der Waals surface area contributed by atoms with Crippen molar-refractivity contribution in [3.63, 3.8) is 0 Å². The van der Waals surface area contributed by atoms with Crippen LogP contribution >= 0.6 is 0 Å². The summed E-state index contributed by atoms with van der Waals surface area (Å²) in [6.07, 6.45) is 9.61. The van der Waals surface area contributed by atoms with Gasteiger partial charge in [0.25, 0.3) is 0 Å². The van der Waals surface area contributed by atoms with Crippen LogP contribution in [0.2, 0.25) is 0 Å². The van der Waals surface area contributed by atoms with Gasteiger partial charge in [-0.15, -0.1) is 0 Å². The zero-order valence-electron chi connectivity index (χ0n) is 16.9. The molecule has 0 spiro atoms. The Balaban J connectivity index is 1.50. The van der Waals surface area contributed by atoms with Gasteiger partial charge in [-0.2, -0.15) is 0 Å². The van der Waals surface area contributed by atoms with E-state index in [1.165, 1.54) is 56.0 Å². The summed E-state index contributed by atoms with van der Waals surface area (Å²) in [5, 5.41) is 0. The number of imidazole rings is 1. The molecule has 4 heteroatoms. The summed E-state index contributed by atoms with van der Waals surface area (Å²) in [6.45, 7) is 3.62. The molecule has 0 bridgehead atoms. The molecule has 0 radical (unpaired) electrons. The maximum atomic E-state index is 6.01. The normalized spacial score (nSPS) is 15.2. The van der Waals surface area contributed by atoms with Crippen molar-refractivity contribution in [2.75, 3.05) is 5.73 Å². The van der Waals surface area contributed by atoms with E-state index in [1.807, 2.05) is 24.3 Å². The lowest BCUT2D eigenvalue weighted by atomic mass is 9.86. The van der Waals surface area contributed by atoms with Crippen molar-refractivity contribution in [1.29, 1.82) is 0 Å². The predicted molar refractivity (Wildman–Crippen MR) is 115 cm³/mol. The molecule has 0 aliphatic heterocycles. The fourth-order valence-electron chi connectivity index (χ4n) is 4.42. The van der Waals surface area contributed by atoms with E-state index in [0.29, 0.717) is 6.61 Å². The highest BCUT2D eigenvalue weighted by atomic mass is 16.5. The number of benzene rings is 2. The van der Waals surface area contributed by atoms with Crippen molar-refractivity contribution in [3.05, 3.63) is 53.9 Å². The van der Waals surface area contributed by atoms with Crippen LogP contribution in [0.3, 0.4) is 0 Å². The Bertz CT molecular complexity index is 907. The lowest BCUT2D eigenvalue weighted by Gasteiger charge is -2.21. The summed E-state index contributed by atoms with van der Waals surface area (Å²) in [6, 6.07) is 14.0. The molecule has 0 saturated heterocycles. The van der Waals surface area contributed by atoms with E-state index in [9.17, 15) is 0 Å². The second-order valence-corrected chi connectivity index (χ2v) is 8.13. The van der Waals surface area contributed by atoms with E-state index in [0.717, 1.165) is 35.2 Å². The molecule has 4 rings (SSSR count). The first-order valence-corrected chi connectivity index (χ1v) is 10.6. The van der Waals surface area contributed by atoms with Gasteiger partial charge in [0.1, 0.15) is 18.2 Å². The molecule has 1 aromatic heterocycles. The van der Waals surface area contributed by atoms with Crippen LogP contribution in [0.1, 0.15) is 56.3 Å². The van der Waals surface area contributed by atoms with Crippen LogP contribution in [0.5, 0.6) is 5.75 Å². The molecule has 148 valence electrons. The largest absolute Gasteiger partial charge is 0.486 e. The van der Waals surface area contributed by atoms with Gasteiger partial charge in [-0.1, -0.05) is 44.2 Å². The lowest BCUT2D eigenvalue weighted by molar-refractivity contribution is 0.286. The molecule has 3 aromatic rings. The van der Waals surface area contributed by atoms with Crippen LogP contribution in [0, 0.1) is 12.8 Å². The van der Waals surface area contributed by atoms with E-state index in [4.69, 9.17) is 15.5 Å². The molecule has 0 unspecified atom stereocenters. The minimum Gasteiger partial charge on any atom is -0.486 e. The number of aromatic nitrogens is 2. The van der Waals surface area contributed by atoms with Gasteiger partial charge >= 0.3 is 0 Å². The minimum absolute atomic E-state index is 0.474. The van der Waals surface area contributed by atoms with Crippen LogP contribution in [-0.4, -0.2) is 9.55 Å². The van der Waals surface area contributed by atoms with Gasteiger partial charge in [0.05, 0.1) is 11.0 Å². The molecular weight excluding hydrogens is 346 g/mol. The first-order valence-electron chi connectivity index (χ1n) is 10.6. The monoisotopic (exact) mass is 377 g/mol. The molecule has 2 N–H and O–H groups in total. The Morgan fingerprint density at radius 2 is 1.86 bits per heavy atom. The molecule has 28 heavy (non-hydrogen) atoms. The zero-order chi connectivity index (χ0) is 19.3. The third kappa shape index (κ3) is 4.32. The topological polar surface area (TPSA) is 53.1 Å². The highest BCUT2D eigenvalue weighted by Crippen LogP contribution is 2.28. The smallest absolute Gasteiger partial charge is 0.148 e. The average Bonchev–Trinajstić information content (AvgIpc) is 3.08. The van der Waals surface area contributed by atoms with E-state index in [-0.39, 0.29) is 0 Å². The molecule has 1 fully saturated rings. The van der Waals surface area contributed by atoms with E-state index in [1.54, 1.807) is 0 Å². The standard InChI is InChI=1S/C24H31N3O/c1-18-7-5-11-22-24(18)26-23(17-28-21-14-12-20(25)13-15-21)27(22)16-6-10-19-8-3-2-4-9-19/h5,7,11-15,19H,2-4,6,8-10,16-17,25H2,1H3. The van der Waals surface area contributed by atoms with Crippen LogP contribution < -0.4 is 10.5 Å². The van der Waals surface area contributed by atoms with Gasteiger partial charge in [0.2, 0.25) is 0 Å². The van der Waals surface area contributed by atoms with Gasteiger partial charge in [0, 0.05) is 12.2 Å². The SMILES string of the molecule is Cc1cccc2c1nc(COc1ccc(N)cc1)n2CCCC1CCCCC1. The van der Waals surface area contributed by atoms with Crippen LogP contribution in [0.25, 0.3) is 11.0 Å². The lowest BCUT2D eigenvalue weighted by Crippen LogP contribution is -2.10. The van der Waals surface area contributed by atoms with Crippen molar-refractivity contribution in [2.24, 2.45) is 5.92 Å². The first-order chi connectivity index (χ1) is 13.7. The Hall–Kier alpha value is -2.49. The van der Waals surface area contributed by atoms with Gasteiger partial charge in [-0.3, -0.25) is 0 Å². The van der Waals surface area contributed by atoms with E-state index < -0.39 is 0 Å². The fraction of sp³-hybridized carbons (Fsp3) is 0.458. The fourth-order valence-corrected chi connectivity index (χ4v) is 4.42. The van der Waals surface area contributed by atoms with Crippen molar-refractivity contribution >= 4 is 16.7 Å². The second kappa shape index (κ2) is 8.68. The van der Waals surface area contributed by atoms with E-state index in [2.05, 4.69) is 29.7 Å². The number of aryl methyl sites for hydroxylation is 2. The maximum absolute atomic E-state index is 6.01. The summed E-state index contributed by atoms with van der Waals surface area (Å²) < 4.78 is 8.38. The number of rotatable bonds is 7. The maximum Gasteiger partial charge on any atom is 0.148 e. The number of hydrogen-bond acceptors (Lipinski definition) is 3. The summed E-state index contributed by atoms with van der Waals surface area (Å²) in [5.74, 6) is 2.75. The predicted octanol–water partition coefficient (Wildman–Crippen LogP) is 5.87. The van der Waals surface area contributed by atoms with Gasteiger partial charge < -0.3 is 15.0 Å². The molecule has 2 aromatic carbocycles. The van der Waals surface area contributed by atoms with Gasteiger partial charge in [-0.05, 0) is 61.6 Å². The van der Waals surface area contributed by atoms with Crippen molar-refractivity contribution in [2.45, 2.75) is 65.0 Å². The number of para-hydroxylation sites is 1. The van der Waals surface area contributed by atoms with Crippen LogP contribution in [0.4, 0.5) is 5.69 Å². The quantitative estimate of drug-likeness (QED) is 0.524.